The molecule has 12 atom stereocenters. The van der Waals surface area contributed by atoms with Gasteiger partial charge in [0.05, 0.1) is 64.1 Å². The summed E-state index contributed by atoms with van der Waals surface area (Å²) < 4.78 is 160. The van der Waals surface area contributed by atoms with Crippen molar-refractivity contribution in [2.75, 3.05) is 107 Å². The molecule has 0 radical (unpaired) electrons. The third-order valence-electron chi connectivity index (χ3n) is 6.47. The number of hydrogen-bond donors (Lipinski definition) is 6. The molecule has 12 unspecified atom stereocenters. The van der Waals surface area contributed by atoms with E-state index in [9.17, 15) is 37.6 Å². The summed E-state index contributed by atoms with van der Waals surface area (Å²) in [4.78, 5) is 0. The van der Waals surface area contributed by atoms with Gasteiger partial charge >= 0.3 is 16.2 Å². The molecular weight excluding hydrogens is 1140 g/mol. The van der Waals surface area contributed by atoms with Gasteiger partial charge in [0.15, 0.2) is 40.8 Å². The van der Waals surface area contributed by atoms with Gasteiger partial charge in [0, 0.05) is 19.8 Å². The zero-order valence-corrected chi connectivity index (χ0v) is 45.7. The maximum absolute atomic E-state index is 11.7. The number of aliphatic hydroxyl groups excluding tert-OH is 6. The van der Waals surface area contributed by atoms with Crippen molar-refractivity contribution in [2.24, 2.45) is 0 Å². The lowest BCUT2D eigenvalue weighted by atomic mass is 10.2. The predicted molar refractivity (Wildman–Crippen MR) is 237 cm³/mol. The van der Waals surface area contributed by atoms with Crippen LogP contribution < -0.4 is 0 Å². The van der Waals surface area contributed by atoms with E-state index in [4.69, 9.17) is 93.9 Å². The van der Waals surface area contributed by atoms with Crippen LogP contribution in [0.25, 0.3) is 0 Å². The minimum absolute atomic E-state index is 0.00243. The van der Waals surface area contributed by atoms with Crippen LogP contribution in [0.1, 0.15) is 26.2 Å². The number of aliphatic hydroxyl groups is 6. The monoisotopic (exact) mass is 1190 g/mol. The molecule has 66 heavy (non-hydrogen) atoms. The average Bonchev–Trinajstić information content (AvgIpc) is 3.31. The standard InChI is InChI=1S/C25H53O29P12/c1-21(50-62(55-32)45-15-27)8-38-5-2-22(51-63(56-33)46-16-28)9-39-6-3-23(52-64(57-34)47-17-29)10-40-7-4-24(53-65(58-35)48-18-30)11-41-20-42-12-25(54-66(59-36)49-19-31)13-43-60-61(37)44-14-26/h21-31,60H,2-20H2,1H3/q+1. The predicted octanol–water partition coefficient (Wildman–Crippen LogP) is 6.80. The molecule has 0 bridgehead atoms. The molecule has 0 aromatic heterocycles. The summed E-state index contributed by atoms with van der Waals surface area (Å²) in [6, 6.07) is 0. The Morgan fingerprint density at radius 3 is 1.15 bits per heavy atom. The SMILES string of the molecule is CC(COCCC(COCCC(COCCC(COCOCC(COP[P+](=O)OCO)OP(OCO)P=O)OP(OCO)P=O)OP(OCO)P=O)OP(OCO)P=O)OP(OCO)P=O. The molecule has 0 saturated carbocycles. The van der Waals surface area contributed by atoms with Crippen molar-refractivity contribution in [3.05, 3.63) is 0 Å². The van der Waals surface area contributed by atoms with Gasteiger partial charge in [-0.15, -0.1) is 4.52 Å². The third kappa shape index (κ3) is 38.8. The van der Waals surface area contributed by atoms with E-state index < -0.39 is 169 Å². The van der Waals surface area contributed by atoms with Crippen molar-refractivity contribution in [2.45, 2.75) is 56.7 Å². The minimum atomic E-state index is -2.31. The van der Waals surface area contributed by atoms with Crippen molar-refractivity contribution in [1.29, 1.82) is 0 Å². The van der Waals surface area contributed by atoms with E-state index in [-0.39, 0.29) is 85.5 Å². The van der Waals surface area contributed by atoms with Gasteiger partial charge in [-0.05, 0) is 30.8 Å². The summed E-state index contributed by atoms with van der Waals surface area (Å²) >= 11 is 0. The van der Waals surface area contributed by atoms with E-state index >= 15 is 0 Å². The van der Waals surface area contributed by atoms with E-state index in [0.29, 0.717) is 0 Å². The molecule has 0 aliphatic rings. The Kier molecular flexibility index (Phi) is 51.2. The molecule has 0 rings (SSSR count). The van der Waals surface area contributed by atoms with Crippen molar-refractivity contribution >= 4 is 97.3 Å². The Morgan fingerprint density at radius 2 is 0.788 bits per heavy atom. The molecular formula is C25H53O29P12+. The molecule has 6 N–H and O–H groups in total. The summed E-state index contributed by atoms with van der Waals surface area (Å²) in [6.07, 6.45) is -3.50. The lowest BCUT2D eigenvalue weighted by Gasteiger charge is -2.23. The Bertz CT molecular complexity index is 1220. The smallest absolute Gasteiger partial charge is 0.379 e. The zero-order chi connectivity index (χ0) is 49.0. The van der Waals surface area contributed by atoms with E-state index in [1.165, 1.54) is 0 Å². The highest BCUT2D eigenvalue weighted by Gasteiger charge is 2.26. The van der Waals surface area contributed by atoms with Gasteiger partial charge in [-0.2, -0.15) is 0 Å². The second-order valence-electron chi connectivity index (χ2n) is 11.1. The molecule has 386 valence electrons. The normalized spacial score (nSPS) is 17.3. The number of hydrogen-bond acceptors (Lipinski definition) is 29. The van der Waals surface area contributed by atoms with Crippen LogP contribution in [0.2, 0.25) is 0 Å². The van der Waals surface area contributed by atoms with Crippen molar-refractivity contribution < 1.29 is 136 Å². The van der Waals surface area contributed by atoms with Crippen LogP contribution in [0.5, 0.6) is 0 Å². The molecule has 0 amide bonds. The fourth-order valence-electron chi connectivity index (χ4n) is 3.92. The second kappa shape index (κ2) is 49.5. The first-order valence-corrected chi connectivity index (χ1v) is 34.7. The lowest BCUT2D eigenvalue weighted by molar-refractivity contribution is -0.0971. The first-order valence-electron chi connectivity index (χ1n) is 18.3. The zero-order valence-electron chi connectivity index (χ0n) is 34.8. The van der Waals surface area contributed by atoms with Crippen molar-refractivity contribution in [3.8, 4) is 0 Å². The van der Waals surface area contributed by atoms with Crippen LogP contribution in [-0.4, -0.2) is 168 Å². The topological polar surface area (TPSA) is 381 Å². The average molecular weight is 1190 g/mol. The Morgan fingerprint density at radius 1 is 0.455 bits per heavy atom. The highest BCUT2D eigenvalue weighted by Crippen LogP contribution is 2.55. The summed E-state index contributed by atoms with van der Waals surface area (Å²) in [7, 11) is -15.8. The lowest BCUT2D eigenvalue weighted by Crippen LogP contribution is -2.26. The maximum Gasteiger partial charge on any atom is 0.553 e. The Hall–Kier alpha value is 2.26. The van der Waals surface area contributed by atoms with Crippen LogP contribution in [0.15, 0.2) is 0 Å². The first-order chi connectivity index (χ1) is 32.1. The minimum Gasteiger partial charge on any atom is -0.379 e. The molecule has 0 fully saturated rings. The molecule has 0 saturated heterocycles. The summed E-state index contributed by atoms with van der Waals surface area (Å²) in [5.41, 5.74) is 0. The van der Waals surface area contributed by atoms with Gasteiger partial charge in [0.25, 0.3) is 40.3 Å². The van der Waals surface area contributed by atoms with E-state index in [0.717, 1.165) is 0 Å². The second-order valence-corrected chi connectivity index (χ2v) is 26.9. The molecule has 0 aromatic rings. The molecule has 29 nitrogen and oxygen atoms in total. The quantitative estimate of drug-likeness (QED) is 0.0207. The largest absolute Gasteiger partial charge is 0.553 e. The Labute approximate surface area is 395 Å². The van der Waals surface area contributed by atoms with Crippen LogP contribution in [0, 0.1) is 0 Å². The van der Waals surface area contributed by atoms with Gasteiger partial charge < -0.3 is 81.5 Å². The van der Waals surface area contributed by atoms with E-state index in [2.05, 4.69) is 4.52 Å². The maximum atomic E-state index is 11.7. The highest BCUT2D eigenvalue weighted by molar-refractivity contribution is 8.12. The molecule has 0 aromatic carbocycles. The molecule has 0 spiro atoms. The fourth-order valence-corrected chi connectivity index (χ4v) is 12.7. The van der Waals surface area contributed by atoms with E-state index in [1.54, 1.807) is 6.92 Å². The molecule has 0 heterocycles. The van der Waals surface area contributed by atoms with Gasteiger partial charge in [-0.1, -0.05) is 0 Å². The molecule has 41 heteroatoms. The van der Waals surface area contributed by atoms with Crippen LogP contribution >= 0.6 is 97.3 Å². The summed E-state index contributed by atoms with van der Waals surface area (Å²) in [6.45, 7) is -4.05. The van der Waals surface area contributed by atoms with Gasteiger partial charge in [-0.25, -0.2) is 0 Å². The first kappa shape index (κ1) is 68.3. The summed E-state index contributed by atoms with van der Waals surface area (Å²) in [5.74, 6) is 0. The van der Waals surface area contributed by atoms with Gasteiger partial charge in [0.2, 0.25) is 40.7 Å². The van der Waals surface area contributed by atoms with E-state index in [1.807, 2.05) is 0 Å². The molecule has 0 aliphatic heterocycles. The fraction of sp³-hybridized carbons (Fsp3) is 1.00. The number of rotatable bonds is 52. The highest BCUT2D eigenvalue weighted by atomic mass is 32.1. The van der Waals surface area contributed by atoms with Crippen molar-refractivity contribution in [3.63, 3.8) is 0 Å². The van der Waals surface area contributed by atoms with Crippen LogP contribution in [0.3, 0.4) is 0 Å². The van der Waals surface area contributed by atoms with Gasteiger partial charge in [0.1, 0.15) is 12.9 Å². The molecule has 0 aliphatic carbocycles. The van der Waals surface area contributed by atoms with Crippen molar-refractivity contribution in [1.82, 2.24) is 0 Å². The number of ether oxygens (including phenoxy) is 5. The third-order valence-corrected chi connectivity index (χ3v) is 18.4. The van der Waals surface area contributed by atoms with Crippen LogP contribution in [0.4, 0.5) is 0 Å². The van der Waals surface area contributed by atoms with Gasteiger partial charge in [-0.3, -0.25) is 45.4 Å². The Balaban J connectivity index is 5.44. The van der Waals surface area contributed by atoms with Crippen LogP contribution in [-0.2, 0) is 105 Å². The summed E-state index contributed by atoms with van der Waals surface area (Å²) in [5, 5.41) is 54.2.